The van der Waals surface area contributed by atoms with Crippen LogP contribution in [-0.2, 0) is 7.05 Å². The van der Waals surface area contributed by atoms with E-state index in [9.17, 15) is 0 Å². The standard InChI is InChI=1S/C11H8N5S.Li/c1-16-10(13-14-15-16)8-2-4-9(5-3-8)11-12-6-7-17-11;/h2-6H,1H3;/q-1;+1. The summed E-state index contributed by atoms with van der Waals surface area (Å²) in [5, 5.41) is 15.3. The molecule has 0 aliphatic heterocycles. The molecule has 1 aromatic carbocycles. The Morgan fingerprint density at radius 1 is 1.17 bits per heavy atom. The number of nitrogens with zero attached hydrogens (tertiary/aromatic N) is 5. The Bertz CT molecular complexity index is 617. The second kappa shape index (κ2) is 5.44. The summed E-state index contributed by atoms with van der Waals surface area (Å²) >= 11 is 1.50. The minimum atomic E-state index is 0. The van der Waals surface area contributed by atoms with Crippen LogP contribution in [0.4, 0.5) is 0 Å². The SMILES string of the molecule is Cn1nnnc1-c1ccc(-c2nc[c-]s2)cc1.[Li+]. The molecule has 0 fully saturated rings. The summed E-state index contributed by atoms with van der Waals surface area (Å²) in [4.78, 5) is 4.21. The van der Waals surface area contributed by atoms with Gasteiger partial charge < -0.3 is 16.3 Å². The molecule has 0 saturated carbocycles. The van der Waals surface area contributed by atoms with Gasteiger partial charge in [0.05, 0.1) is 0 Å². The van der Waals surface area contributed by atoms with Crippen molar-refractivity contribution in [2.45, 2.75) is 0 Å². The molecule has 0 amide bonds. The maximum atomic E-state index is 4.21. The van der Waals surface area contributed by atoms with Crippen LogP contribution >= 0.6 is 11.3 Å². The zero-order valence-corrected chi connectivity index (χ0v) is 10.8. The average molecular weight is 249 g/mol. The molecule has 5 nitrogen and oxygen atoms in total. The quantitative estimate of drug-likeness (QED) is 0.423. The van der Waals surface area contributed by atoms with Crippen molar-refractivity contribution >= 4 is 11.3 Å². The van der Waals surface area contributed by atoms with Gasteiger partial charge in [0.15, 0.2) is 5.82 Å². The fourth-order valence-electron chi connectivity index (χ4n) is 1.56. The van der Waals surface area contributed by atoms with Gasteiger partial charge in [0.25, 0.3) is 0 Å². The van der Waals surface area contributed by atoms with Crippen molar-refractivity contribution < 1.29 is 18.9 Å². The average Bonchev–Trinajstić information content (AvgIpc) is 3.00. The maximum Gasteiger partial charge on any atom is 1.00 e. The van der Waals surface area contributed by atoms with Gasteiger partial charge in [-0.3, -0.25) is 0 Å². The molecule has 2 heterocycles. The molecule has 7 heteroatoms. The van der Waals surface area contributed by atoms with Gasteiger partial charge in [0.1, 0.15) is 0 Å². The van der Waals surface area contributed by atoms with Gasteiger partial charge in [-0.25, -0.2) is 4.68 Å². The minimum absolute atomic E-state index is 0. The second-order valence-corrected chi connectivity index (χ2v) is 4.31. The molecular weight excluding hydrogens is 241 g/mol. The molecule has 84 valence electrons. The fraction of sp³-hybridized carbons (Fsp3) is 0.0909. The third-order valence-electron chi connectivity index (χ3n) is 2.40. The zero-order valence-electron chi connectivity index (χ0n) is 10.0. The van der Waals surface area contributed by atoms with E-state index >= 15 is 0 Å². The third-order valence-corrected chi connectivity index (χ3v) is 3.16. The third kappa shape index (κ3) is 2.36. The van der Waals surface area contributed by atoms with Crippen LogP contribution in [0.25, 0.3) is 22.0 Å². The van der Waals surface area contributed by atoms with E-state index in [1.165, 1.54) is 11.3 Å². The second-order valence-electron chi connectivity index (χ2n) is 3.49. The molecule has 2 aromatic heterocycles. The molecule has 0 atom stereocenters. The van der Waals surface area contributed by atoms with E-state index in [-0.39, 0.29) is 18.9 Å². The monoisotopic (exact) mass is 249 g/mol. The van der Waals surface area contributed by atoms with Crippen molar-refractivity contribution in [1.82, 2.24) is 25.2 Å². The first-order valence-corrected chi connectivity index (χ1v) is 5.81. The summed E-state index contributed by atoms with van der Waals surface area (Å²) in [6, 6.07) is 8.00. The molecule has 3 aromatic rings. The molecule has 0 saturated heterocycles. The van der Waals surface area contributed by atoms with Crippen LogP contribution in [0.3, 0.4) is 0 Å². The van der Waals surface area contributed by atoms with Crippen molar-refractivity contribution in [1.29, 1.82) is 0 Å². The zero-order chi connectivity index (χ0) is 11.7. The van der Waals surface area contributed by atoms with Crippen LogP contribution in [-0.4, -0.2) is 25.2 Å². The van der Waals surface area contributed by atoms with E-state index in [2.05, 4.69) is 25.9 Å². The fourth-order valence-corrected chi connectivity index (χ4v) is 2.14. The Labute approximate surface area is 120 Å². The van der Waals surface area contributed by atoms with Gasteiger partial charge in [-0.1, -0.05) is 36.0 Å². The van der Waals surface area contributed by atoms with Gasteiger partial charge in [0.2, 0.25) is 0 Å². The predicted molar refractivity (Wildman–Crippen MR) is 64.2 cm³/mol. The maximum absolute atomic E-state index is 4.21. The number of rotatable bonds is 2. The summed E-state index contributed by atoms with van der Waals surface area (Å²) in [6.07, 6.45) is 1.68. The van der Waals surface area contributed by atoms with Crippen molar-refractivity contribution in [3.05, 3.63) is 35.8 Å². The van der Waals surface area contributed by atoms with E-state index in [0.717, 1.165) is 22.0 Å². The van der Waals surface area contributed by atoms with Crippen molar-refractivity contribution in [2.75, 3.05) is 0 Å². The Morgan fingerprint density at radius 2 is 1.89 bits per heavy atom. The van der Waals surface area contributed by atoms with E-state index in [0.29, 0.717) is 0 Å². The van der Waals surface area contributed by atoms with Crippen LogP contribution in [0.15, 0.2) is 30.5 Å². The summed E-state index contributed by atoms with van der Waals surface area (Å²) < 4.78 is 1.65. The Balaban J connectivity index is 0.00000120. The van der Waals surface area contributed by atoms with Crippen LogP contribution in [0.2, 0.25) is 0 Å². The molecule has 18 heavy (non-hydrogen) atoms. The molecule has 0 aliphatic carbocycles. The van der Waals surface area contributed by atoms with E-state index in [1.54, 1.807) is 10.9 Å². The number of aryl methyl sites for hydroxylation is 1. The molecule has 0 N–H and O–H groups in total. The normalized spacial score (nSPS) is 10.1. The summed E-state index contributed by atoms with van der Waals surface area (Å²) in [5.74, 6) is 0.752. The van der Waals surface area contributed by atoms with Crippen molar-refractivity contribution in [3.8, 4) is 22.0 Å². The molecule has 0 radical (unpaired) electrons. The first-order valence-electron chi connectivity index (χ1n) is 4.99. The van der Waals surface area contributed by atoms with Crippen molar-refractivity contribution in [3.63, 3.8) is 0 Å². The van der Waals surface area contributed by atoms with Crippen LogP contribution in [0.1, 0.15) is 0 Å². The first-order chi connectivity index (χ1) is 8.34. The smallest absolute Gasteiger partial charge is 0.359 e. The van der Waals surface area contributed by atoms with E-state index < -0.39 is 0 Å². The van der Waals surface area contributed by atoms with Crippen LogP contribution in [0.5, 0.6) is 0 Å². The Kier molecular flexibility index (Phi) is 3.92. The van der Waals surface area contributed by atoms with Gasteiger partial charge in [-0.15, -0.1) is 5.10 Å². The number of hydrogen-bond acceptors (Lipinski definition) is 5. The first kappa shape index (κ1) is 13.0. The van der Waals surface area contributed by atoms with Gasteiger partial charge in [0, 0.05) is 12.6 Å². The summed E-state index contributed by atoms with van der Waals surface area (Å²) in [5.41, 5.74) is 2.07. The number of aromatic nitrogens is 5. The van der Waals surface area contributed by atoms with Gasteiger partial charge in [-0.05, 0) is 15.4 Å². The van der Waals surface area contributed by atoms with Gasteiger partial charge in [-0.2, -0.15) is 5.38 Å². The molecule has 0 aliphatic rings. The number of tetrazole rings is 1. The largest absolute Gasteiger partial charge is 1.00 e. The topological polar surface area (TPSA) is 56.5 Å². The summed E-state index contributed by atoms with van der Waals surface area (Å²) in [7, 11) is 1.82. The number of thiazole rings is 1. The molecule has 0 bridgehead atoms. The Morgan fingerprint density at radius 3 is 2.44 bits per heavy atom. The summed E-state index contributed by atoms with van der Waals surface area (Å²) in [6.45, 7) is 0. The van der Waals surface area contributed by atoms with Crippen LogP contribution < -0.4 is 18.9 Å². The van der Waals surface area contributed by atoms with Crippen molar-refractivity contribution in [2.24, 2.45) is 7.05 Å². The van der Waals surface area contributed by atoms with Gasteiger partial charge >= 0.3 is 18.9 Å². The predicted octanol–water partition coefficient (Wildman–Crippen LogP) is -1.20. The minimum Gasteiger partial charge on any atom is -0.359 e. The Hall–Kier alpha value is -1.48. The van der Waals surface area contributed by atoms with E-state index in [1.807, 2.05) is 31.3 Å². The molecular formula is C11H8LiN5S. The molecule has 3 rings (SSSR count). The molecule has 0 unspecified atom stereocenters. The number of benzene rings is 1. The van der Waals surface area contributed by atoms with E-state index in [4.69, 9.17) is 0 Å². The molecule has 0 spiro atoms. The van der Waals surface area contributed by atoms with Crippen LogP contribution in [0, 0.1) is 5.38 Å². The number of hydrogen-bond donors (Lipinski definition) is 0.